The van der Waals surface area contributed by atoms with Gasteiger partial charge in [-0.3, -0.25) is 0 Å². The Bertz CT molecular complexity index is 491. The van der Waals surface area contributed by atoms with E-state index in [0.29, 0.717) is 0 Å². The molecule has 1 fully saturated rings. The van der Waals surface area contributed by atoms with Gasteiger partial charge in [-0.1, -0.05) is 30.3 Å². The molecule has 1 aliphatic rings. The van der Waals surface area contributed by atoms with Gasteiger partial charge in [-0.15, -0.1) is 0 Å². The number of aliphatic carboxylic acids is 1. The molecule has 2 rings (SSSR count). The maximum Gasteiger partial charge on any atom is 0.326 e. The Morgan fingerprint density at radius 3 is 2.60 bits per heavy atom. The molecule has 0 spiro atoms. The van der Waals surface area contributed by atoms with Crippen molar-refractivity contribution in [2.24, 2.45) is 0 Å². The Balaban J connectivity index is 2.02. The van der Waals surface area contributed by atoms with Gasteiger partial charge in [0.15, 0.2) is 0 Å². The summed E-state index contributed by atoms with van der Waals surface area (Å²) in [6.07, 6.45) is -0.712. The largest absolute Gasteiger partial charge is 0.480 e. The van der Waals surface area contributed by atoms with E-state index in [1.807, 2.05) is 37.3 Å². The van der Waals surface area contributed by atoms with E-state index in [4.69, 9.17) is 5.11 Å². The van der Waals surface area contributed by atoms with Crippen LogP contribution in [0.15, 0.2) is 30.3 Å². The molecule has 3 unspecified atom stereocenters. The van der Waals surface area contributed by atoms with Gasteiger partial charge in [-0.2, -0.15) is 0 Å². The summed E-state index contributed by atoms with van der Waals surface area (Å²) < 4.78 is 0. The van der Waals surface area contributed by atoms with Gasteiger partial charge < -0.3 is 20.4 Å². The number of urea groups is 1. The Labute approximate surface area is 117 Å². The fraction of sp³-hybridized carbons (Fsp3) is 0.429. The number of carbonyl (C=O) groups excluding carboxylic acids is 1. The van der Waals surface area contributed by atoms with Gasteiger partial charge in [0.2, 0.25) is 0 Å². The molecule has 1 saturated heterocycles. The van der Waals surface area contributed by atoms with Crippen molar-refractivity contribution >= 4 is 12.0 Å². The molecule has 1 aromatic rings. The van der Waals surface area contributed by atoms with Crippen LogP contribution >= 0.6 is 0 Å². The van der Waals surface area contributed by atoms with Crippen LogP contribution in [0.25, 0.3) is 0 Å². The number of carbonyl (C=O) groups is 2. The van der Waals surface area contributed by atoms with Gasteiger partial charge >= 0.3 is 12.0 Å². The first-order valence-electron chi connectivity index (χ1n) is 6.52. The maximum atomic E-state index is 12.1. The van der Waals surface area contributed by atoms with Crippen molar-refractivity contribution in [1.29, 1.82) is 0 Å². The summed E-state index contributed by atoms with van der Waals surface area (Å²) in [5, 5.41) is 21.4. The molecular weight excluding hydrogens is 260 g/mol. The van der Waals surface area contributed by atoms with E-state index in [9.17, 15) is 14.7 Å². The number of hydrogen-bond donors (Lipinski definition) is 3. The quantitative estimate of drug-likeness (QED) is 0.768. The van der Waals surface area contributed by atoms with Crippen molar-refractivity contribution in [3.63, 3.8) is 0 Å². The number of carboxylic acid groups (broad SMARTS) is 1. The predicted octanol–water partition coefficient (Wildman–Crippen LogP) is 0.977. The number of benzene rings is 1. The lowest BCUT2D eigenvalue weighted by molar-refractivity contribution is -0.141. The Hall–Kier alpha value is -2.08. The second-order valence-electron chi connectivity index (χ2n) is 4.98. The van der Waals surface area contributed by atoms with Crippen LogP contribution in [-0.4, -0.2) is 45.8 Å². The van der Waals surface area contributed by atoms with Gasteiger partial charge in [0.1, 0.15) is 6.04 Å². The summed E-state index contributed by atoms with van der Waals surface area (Å²) in [4.78, 5) is 24.4. The smallest absolute Gasteiger partial charge is 0.326 e. The van der Waals surface area contributed by atoms with E-state index in [0.717, 1.165) is 5.56 Å². The fourth-order valence-corrected chi connectivity index (χ4v) is 2.37. The maximum absolute atomic E-state index is 12.1. The number of nitrogens with one attached hydrogen (secondary N) is 1. The van der Waals surface area contributed by atoms with Crippen molar-refractivity contribution < 1.29 is 19.8 Å². The SMILES string of the molecule is CC(NC(=O)N1CC(O)CC1C(=O)O)c1ccccc1. The number of carboxylic acids is 1. The summed E-state index contributed by atoms with van der Waals surface area (Å²) >= 11 is 0. The van der Waals surface area contributed by atoms with Crippen LogP contribution in [0.2, 0.25) is 0 Å². The lowest BCUT2D eigenvalue weighted by Gasteiger charge is -2.24. The highest BCUT2D eigenvalue weighted by Gasteiger charge is 2.39. The van der Waals surface area contributed by atoms with Crippen molar-refractivity contribution in [2.45, 2.75) is 31.5 Å². The molecule has 2 amide bonds. The summed E-state index contributed by atoms with van der Waals surface area (Å²) in [6.45, 7) is 1.87. The average Bonchev–Trinajstić information content (AvgIpc) is 2.82. The van der Waals surface area contributed by atoms with E-state index < -0.39 is 24.1 Å². The van der Waals surface area contributed by atoms with E-state index in [1.54, 1.807) is 0 Å². The van der Waals surface area contributed by atoms with Crippen LogP contribution in [0.5, 0.6) is 0 Å². The van der Waals surface area contributed by atoms with Crippen LogP contribution in [0.1, 0.15) is 24.9 Å². The van der Waals surface area contributed by atoms with Crippen LogP contribution in [-0.2, 0) is 4.79 Å². The number of hydrogen-bond acceptors (Lipinski definition) is 3. The van der Waals surface area contributed by atoms with Crippen LogP contribution in [0, 0.1) is 0 Å². The van der Waals surface area contributed by atoms with Crippen LogP contribution < -0.4 is 5.32 Å². The number of aliphatic hydroxyl groups is 1. The lowest BCUT2D eigenvalue weighted by atomic mass is 10.1. The summed E-state index contributed by atoms with van der Waals surface area (Å²) in [5.74, 6) is -1.09. The van der Waals surface area contributed by atoms with E-state index in [-0.39, 0.29) is 19.0 Å². The zero-order valence-electron chi connectivity index (χ0n) is 11.2. The molecule has 6 nitrogen and oxygen atoms in total. The third kappa shape index (κ3) is 3.08. The van der Waals surface area contributed by atoms with Gasteiger partial charge in [0.25, 0.3) is 0 Å². The molecule has 6 heteroatoms. The van der Waals surface area contributed by atoms with Crippen molar-refractivity contribution in [2.75, 3.05) is 6.54 Å². The number of rotatable bonds is 3. The molecule has 0 bridgehead atoms. The average molecular weight is 278 g/mol. The van der Waals surface area contributed by atoms with E-state index in [2.05, 4.69) is 5.32 Å². The lowest BCUT2D eigenvalue weighted by Crippen LogP contribution is -2.46. The fourth-order valence-electron chi connectivity index (χ4n) is 2.37. The molecule has 0 saturated carbocycles. The first-order chi connectivity index (χ1) is 9.49. The van der Waals surface area contributed by atoms with E-state index in [1.165, 1.54) is 4.90 Å². The highest BCUT2D eigenvalue weighted by molar-refractivity contribution is 5.83. The van der Waals surface area contributed by atoms with Gasteiger partial charge in [0, 0.05) is 13.0 Å². The zero-order chi connectivity index (χ0) is 14.7. The van der Waals surface area contributed by atoms with Crippen molar-refractivity contribution in [3.05, 3.63) is 35.9 Å². The second-order valence-corrected chi connectivity index (χ2v) is 4.98. The normalized spacial score (nSPS) is 23.4. The molecule has 1 heterocycles. The second kappa shape index (κ2) is 5.92. The monoisotopic (exact) mass is 278 g/mol. The molecule has 0 aromatic heterocycles. The van der Waals surface area contributed by atoms with Crippen molar-refractivity contribution in [3.8, 4) is 0 Å². The molecule has 1 aliphatic heterocycles. The van der Waals surface area contributed by atoms with Crippen LogP contribution in [0.3, 0.4) is 0 Å². The minimum atomic E-state index is -1.09. The number of amides is 2. The standard InChI is InChI=1S/C14H18N2O4/c1-9(10-5-3-2-4-6-10)15-14(20)16-8-11(17)7-12(16)13(18)19/h2-6,9,11-12,17H,7-8H2,1H3,(H,15,20)(H,18,19). The molecule has 0 aliphatic carbocycles. The minimum Gasteiger partial charge on any atom is -0.480 e. The summed E-state index contributed by atoms with van der Waals surface area (Å²) in [5.41, 5.74) is 0.937. The number of aliphatic hydroxyl groups excluding tert-OH is 1. The van der Waals surface area contributed by atoms with Crippen LogP contribution in [0.4, 0.5) is 4.79 Å². The van der Waals surface area contributed by atoms with Gasteiger partial charge in [-0.25, -0.2) is 9.59 Å². The number of nitrogens with zero attached hydrogens (tertiary/aromatic N) is 1. The zero-order valence-corrected chi connectivity index (χ0v) is 11.2. The Morgan fingerprint density at radius 2 is 2.00 bits per heavy atom. The van der Waals surface area contributed by atoms with E-state index >= 15 is 0 Å². The summed E-state index contributed by atoms with van der Waals surface area (Å²) in [6, 6.07) is 7.75. The Kier molecular flexibility index (Phi) is 4.24. The topological polar surface area (TPSA) is 89.9 Å². The molecule has 1 aromatic carbocycles. The molecular formula is C14H18N2O4. The number of likely N-dealkylation sites (tertiary alicyclic amines) is 1. The predicted molar refractivity (Wildman–Crippen MR) is 72.1 cm³/mol. The van der Waals surface area contributed by atoms with Crippen molar-refractivity contribution in [1.82, 2.24) is 10.2 Å². The molecule has 0 radical (unpaired) electrons. The minimum absolute atomic E-state index is 0.0459. The summed E-state index contributed by atoms with van der Waals surface area (Å²) in [7, 11) is 0. The third-order valence-electron chi connectivity index (χ3n) is 3.46. The highest BCUT2D eigenvalue weighted by atomic mass is 16.4. The highest BCUT2D eigenvalue weighted by Crippen LogP contribution is 2.19. The molecule has 3 atom stereocenters. The molecule has 20 heavy (non-hydrogen) atoms. The first-order valence-corrected chi connectivity index (χ1v) is 6.52. The first kappa shape index (κ1) is 14.3. The Morgan fingerprint density at radius 1 is 1.35 bits per heavy atom. The third-order valence-corrected chi connectivity index (χ3v) is 3.46. The van der Waals surface area contributed by atoms with Gasteiger partial charge in [0.05, 0.1) is 12.1 Å². The molecule has 3 N–H and O–H groups in total. The molecule has 108 valence electrons. The number of β-amino-alcohol motifs (C(OH)–C–C–N with tert-alkyl or cyclic N) is 1. The van der Waals surface area contributed by atoms with Gasteiger partial charge in [-0.05, 0) is 12.5 Å².